The van der Waals surface area contributed by atoms with Crippen molar-refractivity contribution in [3.63, 3.8) is 0 Å². The van der Waals surface area contributed by atoms with Gasteiger partial charge >= 0.3 is 12.3 Å². The number of methoxy groups -OCH3 is 2. The van der Waals surface area contributed by atoms with Gasteiger partial charge in [-0.25, -0.2) is 4.98 Å². The highest BCUT2D eigenvalue weighted by molar-refractivity contribution is 14.1. The van der Waals surface area contributed by atoms with Gasteiger partial charge in [-0.15, -0.1) is 13.2 Å². The summed E-state index contributed by atoms with van der Waals surface area (Å²) in [6.07, 6.45) is -5.12. The van der Waals surface area contributed by atoms with Crippen molar-refractivity contribution < 1.29 is 32.2 Å². The van der Waals surface area contributed by atoms with E-state index in [4.69, 9.17) is 4.74 Å². The monoisotopic (exact) mass is 391 g/mol. The molecule has 0 aliphatic rings. The van der Waals surface area contributed by atoms with E-state index in [1.54, 1.807) is 22.6 Å². The molecular weight excluding hydrogens is 382 g/mol. The number of carbonyl (C=O) groups excluding carboxylic acids is 1. The van der Waals surface area contributed by atoms with Gasteiger partial charge in [-0.1, -0.05) is 0 Å². The highest BCUT2D eigenvalue weighted by Gasteiger charge is 2.33. The third-order valence-corrected chi connectivity index (χ3v) is 2.91. The molecule has 0 saturated carbocycles. The van der Waals surface area contributed by atoms with Gasteiger partial charge in [0.1, 0.15) is 9.32 Å². The van der Waals surface area contributed by atoms with Gasteiger partial charge in [-0.05, 0) is 22.6 Å². The van der Waals surface area contributed by atoms with Gasteiger partial charge in [-0.2, -0.15) is 0 Å². The fourth-order valence-corrected chi connectivity index (χ4v) is 1.78. The van der Waals surface area contributed by atoms with E-state index < -0.39 is 18.1 Å². The molecule has 1 aromatic rings. The lowest BCUT2D eigenvalue weighted by molar-refractivity contribution is -0.275. The molecule has 0 N–H and O–H groups in total. The van der Waals surface area contributed by atoms with Crippen LogP contribution in [0.1, 0.15) is 5.69 Å². The molecule has 0 atom stereocenters. The molecule has 0 aliphatic heterocycles. The molecule has 0 fully saturated rings. The Labute approximate surface area is 120 Å². The first-order chi connectivity index (χ1) is 8.76. The fourth-order valence-electron chi connectivity index (χ4n) is 1.18. The largest absolute Gasteiger partial charge is 0.573 e. The van der Waals surface area contributed by atoms with E-state index in [1.807, 2.05) is 0 Å². The van der Waals surface area contributed by atoms with E-state index in [0.29, 0.717) is 0 Å². The van der Waals surface area contributed by atoms with Crippen molar-refractivity contribution in [3.05, 3.63) is 15.3 Å². The van der Waals surface area contributed by atoms with Crippen LogP contribution >= 0.6 is 22.6 Å². The average molecular weight is 391 g/mol. The van der Waals surface area contributed by atoms with Crippen molar-refractivity contribution in [3.8, 4) is 11.6 Å². The van der Waals surface area contributed by atoms with Crippen LogP contribution in [0.2, 0.25) is 0 Å². The topological polar surface area (TPSA) is 57.7 Å². The number of pyridine rings is 1. The predicted octanol–water partition coefficient (Wildman–Crippen LogP) is 2.31. The van der Waals surface area contributed by atoms with Crippen LogP contribution in [0.5, 0.6) is 11.6 Å². The summed E-state index contributed by atoms with van der Waals surface area (Å²) in [6, 6.07) is 1.02. The third-order valence-electron chi connectivity index (χ3n) is 1.92. The van der Waals surface area contributed by atoms with Gasteiger partial charge in [0.2, 0.25) is 5.88 Å². The van der Waals surface area contributed by atoms with Gasteiger partial charge < -0.3 is 14.2 Å². The van der Waals surface area contributed by atoms with Crippen molar-refractivity contribution in [2.75, 3.05) is 14.2 Å². The molecule has 0 aliphatic carbocycles. The van der Waals surface area contributed by atoms with Gasteiger partial charge in [0.25, 0.3) is 0 Å². The van der Waals surface area contributed by atoms with E-state index in [1.165, 1.54) is 14.2 Å². The summed E-state index contributed by atoms with van der Waals surface area (Å²) in [5.74, 6) is -1.16. The predicted molar refractivity (Wildman–Crippen MR) is 65.9 cm³/mol. The van der Waals surface area contributed by atoms with Crippen molar-refractivity contribution >= 4 is 28.6 Å². The van der Waals surface area contributed by atoms with Crippen LogP contribution in [0, 0.1) is 3.57 Å². The molecule has 1 aromatic heterocycles. The van der Waals surface area contributed by atoms with Crippen molar-refractivity contribution in [2.24, 2.45) is 0 Å². The quantitative estimate of drug-likeness (QED) is 0.583. The molecule has 0 saturated heterocycles. The molecule has 0 bridgehead atoms. The van der Waals surface area contributed by atoms with Crippen LogP contribution in [0.15, 0.2) is 6.07 Å². The maximum Gasteiger partial charge on any atom is 0.573 e. The summed E-state index contributed by atoms with van der Waals surface area (Å²) in [7, 11) is 2.42. The van der Waals surface area contributed by atoms with Crippen LogP contribution < -0.4 is 9.47 Å². The van der Waals surface area contributed by atoms with Crippen LogP contribution in [0.3, 0.4) is 0 Å². The minimum absolute atomic E-state index is 0.0544. The molecule has 106 valence electrons. The molecule has 1 heterocycles. The standard InChI is InChI=1S/C10H9F3INO4/c1-17-7(16)4-5-3-6(19-10(11,12)13)8(14)9(15-5)18-2/h3H,4H2,1-2H3. The minimum atomic E-state index is -4.84. The Kier molecular flexibility index (Phi) is 5.20. The smallest absolute Gasteiger partial charge is 0.480 e. The van der Waals surface area contributed by atoms with E-state index >= 15 is 0 Å². The average Bonchev–Trinajstić information content (AvgIpc) is 2.31. The summed E-state index contributed by atoms with van der Waals surface area (Å²) in [5, 5.41) is 0. The second-order valence-corrected chi connectivity index (χ2v) is 4.31. The molecular formula is C10H9F3INO4. The first-order valence-corrected chi connectivity index (χ1v) is 5.90. The number of hydrogen-bond acceptors (Lipinski definition) is 5. The summed E-state index contributed by atoms with van der Waals surface area (Å²) in [4.78, 5) is 15.0. The molecule has 0 aromatic carbocycles. The molecule has 9 heteroatoms. The Hall–Kier alpha value is -1.26. The zero-order chi connectivity index (χ0) is 14.6. The number of alkyl halides is 3. The normalized spacial score (nSPS) is 11.1. The Morgan fingerprint density at radius 2 is 2.05 bits per heavy atom. The zero-order valence-electron chi connectivity index (χ0n) is 9.88. The van der Waals surface area contributed by atoms with E-state index in [0.717, 1.165) is 6.07 Å². The lowest BCUT2D eigenvalue weighted by atomic mass is 10.2. The van der Waals surface area contributed by atoms with Crippen molar-refractivity contribution in [1.29, 1.82) is 0 Å². The van der Waals surface area contributed by atoms with Crippen LogP contribution in [0.4, 0.5) is 13.2 Å². The molecule has 0 radical (unpaired) electrons. The lowest BCUT2D eigenvalue weighted by Gasteiger charge is -2.13. The van der Waals surface area contributed by atoms with Gasteiger partial charge in [-0.3, -0.25) is 4.79 Å². The Morgan fingerprint density at radius 1 is 1.42 bits per heavy atom. The number of carbonyl (C=O) groups is 1. The summed E-state index contributed by atoms with van der Waals surface area (Å²) in [6.45, 7) is 0. The summed E-state index contributed by atoms with van der Waals surface area (Å²) >= 11 is 1.61. The Bertz CT molecular complexity index is 479. The van der Waals surface area contributed by atoms with E-state index in [-0.39, 0.29) is 21.6 Å². The molecule has 0 unspecified atom stereocenters. The number of ether oxygens (including phenoxy) is 3. The molecule has 5 nitrogen and oxygen atoms in total. The molecule has 1 rings (SSSR count). The van der Waals surface area contributed by atoms with Crippen LogP contribution in [0.25, 0.3) is 0 Å². The SMILES string of the molecule is COC(=O)Cc1cc(OC(F)(F)F)c(I)c(OC)n1. The number of esters is 1. The van der Waals surface area contributed by atoms with Crippen molar-refractivity contribution in [2.45, 2.75) is 12.8 Å². The van der Waals surface area contributed by atoms with Gasteiger partial charge in [0, 0.05) is 6.07 Å². The lowest BCUT2D eigenvalue weighted by Crippen LogP contribution is -2.19. The summed E-state index contributed by atoms with van der Waals surface area (Å²) in [5.41, 5.74) is 0.0587. The maximum atomic E-state index is 12.2. The molecule has 0 spiro atoms. The highest BCUT2D eigenvalue weighted by atomic mass is 127. The molecule has 19 heavy (non-hydrogen) atoms. The Morgan fingerprint density at radius 3 is 2.53 bits per heavy atom. The second kappa shape index (κ2) is 6.26. The summed E-state index contributed by atoms with van der Waals surface area (Å²) < 4.78 is 49.9. The number of aromatic nitrogens is 1. The highest BCUT2D eigenvalue weighted by Crippen LogP contribution is 2.33. The Balaban J connectivity index is 3.14. The molecule has 0 amide bonds. The second-order valence-electron chi connectivity index (χ2n) is 3.24. The number of rotatable bonds is 4. The van der Waals surface area contributed by atoms with Crippen LogP contribution in [-0.2, 0) is 16.0 Å². The number of hydrogen-bond donors (Lipinski definition) is 0. The first-order valence-electron chi connectivity index (χ1n) is 4.82. The van der Waals surface area contributed by atoms with E-state index in [9.17, 15) is 18.0 Å². The van der Waals surface area contributed by atoms with Crippen LogP contribution in [-0.4, -0.2) is 31.5 Å². The maximum absolute atomic E-state index is 12.2. The van der Waals surface area contributed by atoms with Gasteiger partial charge in [0.05, 0.1) is 26.3 Å². The fraction of sp³-hybridized carbons (Fsp3) is 0.400. The number of halogens is 4. The van der Waals surface area contributed by atoms with Crippen molar-refractivity contribution in [1.82, 2.24) is 4.98 Å². The number of nitrogens with zero attached hydrogens (tertiary/aromatic N) is 1. The zero-order valence-corrected chi connectivity index (χ0v) is 12.0. The van der Waals surface area contributed by atoms with Gasteiger partial charge in [0.15, 0.2) is 0 Å². The first kappa shape index (κ1) is 15.8. The minimum Gasteiger partial charge on any atom is -0.480 e. The third kappa shape index (κ3) is 4.73. The van der Waals surface area contributed by atoms with E-state index in [2.05, 4.69) is 14.5 Å².